The van der Waals surface area contributed by atoms with Crippen LogP contribution in [0.25, 0.3) is 0 Å². The predicted octanol–water partition coefficient (Wildman–Crippen LogP) is 3.70. The van der Waals surface area contributed by atoms with Crippen molar-refractivity contribution in [1.82, 2.24) is 4.31 Å². The Hall–Kier alpha value is -2.42. The minimum Gasteiger partial charge on any atom is -0.496 e. The van der Waals surface area contributed by atoms with Crippen molar-refractivity contribution < 1.29 is 27.5 Å². The Morgan fingerprint density at radius 1 is 1.16 bits per heavy atom. The highest BCUT2D eigenvalue weighted by molar-refractivity contribution is 7.89. The largest absolute Gasteiger partial charge is 0.496 e. The molecule has 2 aromatic carbocycles. The summed E-state index contributed by atoms with van der Waals surface area (Å²) in [7, 11) is -2.23. The lowest BCUT2D eigenvalue weighted by molar-refractivity contribution is -0.151. The van der Waals surface area contributed by atoms with Crippen molar-refractivity contribution in [2.75, 3.05) is 20.2 Å². The Labute approximate surface area is 187 Å². The number of esters is 1. The van der Waals surface area contributed by atoms with Crippen molar-refractivity contribution in [1.29, 1.82) is 0 Å². The smallest absolute Gasteiger partial charge is 0.310 e. The number of ketones is 1. The molecule has 0 saturated carbocycles. The van der Waals surface area contributed by atoms with Gasteiger partial charge in [-0.25, -0.2) is 8.42 Å². The van der Waals surface area contributed by atoms with E-state index in [1.807, 2.05) is 0 Å². The van der Waals surface area contributed by atoms with Gasteiger partial charge in [-0.1, -0.05) is 11.6 Å². The number of halogens is 1. The topological polar surface area (TPSA) is 90.0 Å². The Kier molecular flexibility index (Phi) is 7.35. The molecule has 1 unspecified atom stereocenters. The summed E-state index contributed by atoms with van der Waals surface area (Å²) in [6, 6.07) is 10.9. The van der Waals surface area contributed by atoms with Crippen LogP contribution < -0.4 is 4.74 Å². The second-order valence-electron chi connectivity index (χ2n) is 7.35. The Bertz CT molecular complexity index is 1070. The molecule has 0 radical (unpaired) electrons. The molecular formula is C22H24ClNO6S. The molecule has 1 aliphatic heterocycles. The molecule has 2 aromatic rings. The summed E-state index contributed by atoms with van der Waals surface area (Å²) in [6.07, 6.45) is 1.09. The average Bonchev–Trinajstić information content (AvgIpc) is 2.77. The summed E-state index contributed by atoms with van der Waals surface area (Å²) >= 11 is 5.85. The first kappa shape index (κ1) is 23.2. The van der Waals surface area contributed by atoms with Crippen LogP contribution in [0.2, 0.25) is 5.02 Å². The maximum atomic E-state index is 12.9. The molecule has 1 saturated heterocycles. The van der Waals surface area contributed by atoms with Gasteiger partial charge in [-0.2, -0.15) is 4.31 Å². The summed E-state index contributed by atoms with van der Waals surface area (Å²) in [6.45, 7) is 1.77. The van der Waals surface area contributed by atoms with E-state index in [1.54, 1.807) is 18.2 Å². The molecule has 1 fully saturated rings. The van der Waals surface area contributed by atoms with Crippen LogP contribution in [0, 0.1) is 5.92 Å². The highest BCUT2D eigenvalue weighted by Gasteiger charge is 2.34. The van der Waals surface area contributed by atoms with Crippen LogP contribution in [-0.4, -0.2) is 44.7 Å². The molecule has 7 nitrogen and oxygen atoms in total. The van der Waals surface area contributed by atoms with Gasteiger partial charge in [0.2, 0.25) is 10.0 Å². The highest BCUT2D eigenvalue weighted by Crippen LogP contribution is 2.27. The number of sulfonamides is 1. The highest BCUT2D eigenvalue weighted by atomic mass is 35.5. The van der Waals surface area contributed by atoms with Gasteiger partial charge in [0.1, 0.15) is 12.4 Å². The molecule has 166 valence electrons. The first-order chi connectivity index (χ1) is 14.7. The molecule has 9 heteroatoms. The number of methoxy groups -OCH3 is 1. The quantitative estimate of drug-likeness (QED) is 0.457. The predicted molar refractivity (Wildman–Crippen MR) is 116 cm³/mol. The first-order valence-corrected chi connectivity index (χ1v) is 11.6. The van der Waals surface area contributed by atoms with Crippen LogP contribution in [-0.2, 0) is 26.2 Å². The van der Waals surface area contributed by atoms with Crippen LogP contribution in [0.4, 0.5) is 0 Å². The third-order valence-electron chi connectivity index (χ3n) is 5.23. The van der Waals surface area contributed by atoms with E-state index in [4.69, 9.17) is 21.1 Å². The number of carbonyl (C=O) groups excluding carboxylic acids is 2. The first-order valence-electron chi connectivity index (χ1n) is 9.82. The van der Waals surface area contributed by atoms with Crippen molar-refractivity contribution in [3.8, 4) is 5.75 Å². The van der Waals surface area contributed by atoms with E-state index in [-0.39, 0.29) is 23.8 Å². The normalized spacial score (nSPS) is 17.2. The third-order valence-corrected chi connectivity index (χ3v) is 7.36. The molecule has 0 aromatic heterocycles. The second-order valence-corrected chi connectivity index (χ2v) is 9.72. The molecular weight excluding hydrogens is 442 g/mol. The number of piperidine rings is 1. The molecule has 1 heterocycles. The zero-order valence-corrected chi connectivity index (χ0v) is 18.9. The van der Waals surface area contributed by atoms with Crippen LogP contribution in [0.1, 0.15) is 35.7 Å². The Morgan fingerprint density at radius 3 is 2.52 bits per heavy atom. The summed E-state index contributed by atoms with van der Waals surface area (Å²) in [5.74, 6) is -0.650. The Morgan fingerprint density at radius 2 is 1.87 bits per heavy atom. The fourth-order valence-electron chi connectivity index (χ4n) is 3.49. The molecule has 0 amide bonds. The van der Waals surface area contributed by atoms with Gasteiger partial charge in [0, 0.05) is 29.2 Å². The lowest BCUT2D eigenvalue weighted by Crippen LogP contribution is -2.42. The summed E-state index contributed by atoms with van der Waals surface area (Å²) < 4.78 is 37.9. The zero-order chi connectivity index (χ0) is 22.6. The maximum absolute atomic E-state index is 12.9. The van der Waals surface area contributed by atoms with E-state index in [0.717, 1.165) is 0 Å². The number of nitrogens with zero attached hydrogens (tertiary/aromatic N) is 1. The van der Waals surface area contributed by atoms with Gasteiger partial charge in [0.25, 0.3) is 0 Å². The fourth-order valence-corrected chi connectivity index (χ4v) is 5.14. The Balaban J connectivity index is 1.68. The van der Waals surface area contributed by atoms with Gasteiger partial charge in [-0.05, 0) is 62.2 Å². The van der Waals surface area contributed by atoms with E-state index in [1.165, 1.54) is 42.6 Å². The van der Waals surface area contributed by atoms with Crippen molar-refractivity contribution >= 4 is 33.4 Å². The van der Waals surface area contributed by atoms with Gasteiger partial charge in [-0.15, -0.1) is 0 Å². The van der Waals surface area contributed by atoms with Crippen molar-refractivity contribution in [2.45, 2.75) is 31.3 Å². The molecule has 3 rings (SSSR count). The van der Waals surface area contributed by atoms with Gasteiger partial charge in [0.05, 0.1) is 17.9 Å². The number of benzene rings is 2. The second kappa shape index (κ2) is 9.80. The lowest BCUT2D eigenvalue weighted by Gasteiger charge is -2.30. The van der Waals surface area contributed by atoms with E-state index >= 15 is 0 Å². The molecule has 0 bridgehead atoms. The number of ether oxygens (including phenoxy) is 2. The number of Topliss-reactive ketones (excluding diaryl/α,β-unsaturated/α-hetero) is 1. The fraction of sp³-hybridized carbons (Fsp3) is 0.364. The van der Waals surface area contributed by atoms with E-state index < -0.39 is 21.9 Å². The van der Waals surface area contributed by atoms with Crippen molar-refractivity contribution in [3.63, 3.8) is 0 Å². The summed E-state index contributed by atoms with van der Waals surface area (Å²) in [5.41, 5.74) is 1.06. The van der Waals surface area contributed by atoms with Crippen LogP contribution in [0.5, 0.6) is 5.75 Å². The van der Waals surface area contributed by atoms with Gasteiger partial charge in [0.15, 0.2) is 5.78 Å². The van der Waals surface area contributed by atoms with Crippen LogP contribution in [0.15, 0.2) is 47.4 Å². The van der Waals surface area contributed by atoms with E-state index in [9.17, 15) is 18.0 Å². The van der Waals surface area contributed by atoms with Crippen LogP contribution >= 0.6 is 11.6 Å². The molecule has 1 atom stereocenters. The molecule has 0 N–H and O–H groups in total. The van der Waals surface area contributed by atoms with Crippen LogP contribution in [0.3, 0.4) is 0 Å². The van der Waals surface area contributed by atoms with Crippen molar-refractivity contribution in [2.24, 2.45) is 5.92 Å². The zero-order valence-electron chi connectivity index (χ0n) is 17.3. The maximum Gasteiger partial charge on any atom is 0.310 e. The van der Waals surface area contributed by atoms with Crippen molar-refractivity contribution in [3.05, 3.63) is 58.6 Å². The van der Waals surface area contributed by atoms with Gasteiger partial charge < -0.3 is 9.47 Å². The minimum absolute atomic E-state index is 0.0500. The van der Waals surface area contributed by atoms with Gasteiger partial charge >= 0.3 is 5.97 Å². The van der Waals surface area contributed by atoms with Gasteiger partial charge in [-0.3, -0.25) is 9.59 Å². The monoisotopic (exact) mass is 465 g/mol. The number of carbonyl (C=O) groups is 2. The molecule has 0 aliphatic carbocycles. The standard InChI is InChI=1S/C22H24ClNO6S/c1-15(25)16-5-10-21(29-2)18(12-16)14-30-22(26)17-4-3-11-24(13-17)31(27,28)20-8-6-19(23)7-9-20/h5-10,12,17H,3-4,11,13-14H2,1-2H3. The number of rotatable bonds is 7. The number of hydrogen-bond acceptors (Lipinski definition) is 6. The minimum atomic E-state index is -3.73. The average molecular weight is 466 g/mol. The van der Waals surface area contributed by atoms with E-state index in [0.29, 0.717) is 41.3 Å². The van der Waals surface area contributed by atoms with E-state index in [2.05, 4.69) is 0 Å². The third kappa shape index (κ3) is 5.44. The summed E-state index contributed by atoms with van der Waals surface area (Å²) in [4.78, 5) is 24.4. The lowest BCUT2D eigenvalue weighted by atomic mass is 10.00. The SMILES string of the molecule is COc1ccc(C(C)=O)cc1COC(=O)C1CCCN(S(=O)(=O)c2ccc(Cl)cc2)C1. The molecule has 0 spiro atoms. The molecule has 1 aliphatic rings. The number of hydrogen-bond donors (Lipinski definition) is 0. The summed E-state index contributed by atoms with van der Waals surface area (Å²) in [5, 5.41) is 0.448. The molecule has 31 heavy (non-hydrogen) atoms.